The zero-order valence-electron chi connectivity index (χ0n) is 22.5. The zero-order chi connectivity index (χ0) is 30.9. The van der Waals surface area contributed by atoms with E-state index in [1.54, 1.807) is 49.4 Å². The number of rotatable bonds is 6. The van der Waals surface area contributed by atoms with E-state index in [0.29, 0.717) is 26.5 Å². The van der Waals surface area contributed by atoms with E-state index >= 15 is 0 Å². The van der Waals surface area contributed by atoms with Crippen molar-refractivity contribution in [2.24, 2.45) is 5.92 Å². The summed E-state index contributed by atoms with van der Waals surface area (Å²) in [5.41, 5.74) is 1.33. The van der Waals surface area contributed by atoms with Crippen LogP contribution in [-0.4, -0.2) is 32.3 Å². The molecule has 4 aromatic rings. The highest BCUT2D eigenvalue weighted by atomic mass is 35.5. The summed E-state index contributed by atoms with van der Waals surface area (Å²) >= 11 is 5.84. The first-order chi connectivity index (χ1) is 20.4. The predicted octanol–water partition coefficient (Wildman–Crippen LogP) is 4.74. The second-order valence-electron chi connectivity index (χ2n) is 9.82. The largest absolute Gasteiger partial charge is 0.397 e. The second kappa shape index (κ2) is 11.7. The van der Waals surface area contributed by atoms with Crippen molar-refractivity contribution in [3.05, 3.63) is 121 Å². The van der Waals surface area contributed by atoms with E-state index in [0.717, 1.165) is 6.08 Å². The number of aromatic nitrogens is 3. The molecule has 10 nitrogen and oxygen atoms in total. The summed E-state index contributed by atoms with van der Waals surface area (Å²) in [5.74, 6) is -2.76. The number of nitrogens with one attached hydrogen (secondary N) is 4. The van der Waals surface area contributed by atoms with Crippen molar-refractivity contribution in [1.82, 2.24) is 19.5 Å². The molecule has 0 saturated carbocycles. The molecule has 1 atom stereocenters. The lowest BCUT2D eigenvalue weighted by atomic mass is 9.91. The van der Waals surface area contributed by atoms with E-state index in [-0.39, 0.29) is 29.2 Å². The van der Waals surface area contributed by atoms with E-state index < -0.39 is 41.6 Å². The molecule has 14 heteroatoms. The third kappa shape index (κ3) is 6.41. The first-order valence-corrected chi connectivity index (χ1v) is 13.3. The molecular weight excluding hydrogens is 589 g/mol. The van der Waals surface area contributed by atoms with Gasteiger partial charge in [0.1, 0.15) is 5.92 Å². The summed E-state index contributed by atoms with van der Waals surface area (Å²) in [6.07, 6.45) is -1.48. The Balaban J connectivity index is 1.45. The summed E-state index contributed by atoms with van der Waals surface area (Å²) in [7, 11) is 0. The number of carbonyl (C=O) groups is 2. The summed E-state index contributed by atoms with van der Waals surface area (Å²) in [6, 6.07) is 14.0. The van der Waals surface area contributed by atoms with Crippen LogP contribution < -0.4 is 27.2 Å². The summed E-state index contributed by atoms with van der Waals surface area (Å²) < 4.78 is 44.7. The Hall–Kier alpha value is -5.04. The van der Waals surface area contributed by atoms with Gasteiger partial charge in [0, 0.05) is 53.0 Å². The molecule has 2 heterocycles. The molecule has 3 amide bonds. The maximum atomic E-state index is 14.3. The van der Waals surface area contributed by atoms with Crippen LogP contribution >= 0.6 is 11.6 Å². The van der Waals surface area contributed by atoms with Gasteiger partial charge in [-0.05, 0) is 60.5 Å². The van der Waals surface area contributed by atoms with Crippen molar-refractivity contribution in [2.45, 2.75) is 26.1 Å². The van der Waals surface area contributed by atoms with Gasteiger partial charge in [-0.25, -0.2) is 9.47 Å². The molecule has 222 valence electrons. The Kier molecular flexibility index (Phi) is 8.00. The van der Waals surface area contributed by atoms with Crippen LogP contribution in [0.25, 0.3) is 11.8 Å². The van der Waals surface area contributed by atoms with Gasteiger partial charge in [-0.2, -0.15) is 13.2 Å². The first kappa shape index (κ1) is 29.5. The Morgan fingerprint density at radius 3 is 2.49 bits per heavy atom. The average molecular weight is 613 g/mol. The molecule has 2 aromatic heterocycles. The molecule has 0 radical (unpaired) electrons. The Labute approximate surface area is 246 Å². The number of fused-ring (bicyclic) bond motifs is 1. The van der Waals surface area contributed by atoms with Gasteiger partial charge in [0.25, 0.3) is 5.91 Å². The number of aryl methyl sites for hydroxylation is 1. The predicted molar refractivity (Wildman–Crippen MR) is 155 cm³/mol. The van der Waals surface area contributed by atoms with Crippen molar-refractivity contribution in [1.29, 1.82) is 0 Å². The van der Waals surface area contributed by atoms with Crippen LogP contribution in [0, 0.1) is 12.8 Å². The van der Waals surface area contributed by atoms with E-state index in [1.165, 1.54) is 29.1 Å². The molecule has 0 aliphatic heterocycles. The molecule has 4 N–H and O–H groups in total. The van der Waals surface area contributed by atoms with Crippen molar-refractivity contribution in [2.75, 3.05) is 10.7 Å². The molecule has 0 fully saturated rings. The van der Waals surface area contributed by atoms with Gasteiger partial charge in [0.2, 0.25) is 0 Å². The topological polar surface area (TPSA) is 130 Å². The number of nitrogens with zero attached hydrogens (tertiary/aromatic N) is 2. The van der Waals surface area contributed by atoms with Gasteiger partial charge in [-0.1, -0.05) is 29.8 Å². The van der Waals surface area contributed by atoms with E-state index in [1.807, 2.05) is 0 Å². The van der Waals surface area contributed by atoms with Crippen LogP contribution in [-0.2, 0) is 13.0 Å². The normalized spacial score (nSPS) is 14.4. The average Bonchev–Trinajstić information content (AvgIpc) is 3.44. The Bertz CT molecular complexity index is 1860. The maximum Gasteiger partial charge on any atom is 0.397 e. The third-order valence-electron chi connectivity index (χ3n) is 6.87. The van der Waals surface area contributed by atoms with Crippen molar-refractivity contribution in [3.63, 3.8) is 0 Å². The van der Waals surface area contributed by atoms with Crippen LogP contribution in [0.15, 0.2) is 76.6 Å². The number of allylic oxidation sites excluding steroid dienone is 1. The van der Waals surface area contributed by atoms with Gasteiger partial charge in [0.15, 0.2) is 0 Å². The molecule has 1 unspecified atom stereocenters. The number of carbonyl (C=O) groups excluding carboxylic acids is 2. The molecule has 1 aliphatic carbocycles. The first-order valence-electron chi connectivity index (χ1n) is 12.9. The van der Waals surface area contributed by atoms with Gasteiger partial charge in [-0.15, -0.1) is 0 Å². The number of benzene rings is 2. The second-order valence-corrected chi connectivity index (χ2v) is 10.3. The van der Waals surface area contributed by atoms with Gasteiger partial charge >= 0.3 is 23.3 Å². The number of anilines is 1. The van der Waals surface area contributed by atoms with Crippen molar-refractivity contribution in [3.8, 4) is 0 Å². The quantitative estimate of drug-likeness (QED) is 0.234. The fraction of sp³-hybridized carbons (Fsp3) is 0.172. The van der Waals surface area contributed by atoms with Crippen LogP contribution in [0.5, 0.6) is 0 Å². The lowest BCUT2D eigenvalue weighted by molar-refractivity contribution is -0.159. The lowest BCUT2D eigenvalue weighted by Gasteiger charge is -2.29. The van der Waals surface area contributed by atoms with Gasteiger partial charge in [-0.3, -0.25) is 19.8 Å². The number of hydrogen-bond acceptors (Lipinski definition) is 4. The molecule has 5 rings (SSSR count). The summed E-state index contributed by atoms with van der Waals surface area (Å²) in [4.78, 5) is 52.7. The molecule has 1 aliphatic rings. The van der Waals surface area contributed by atoms with Crippen molar-refractivity contribution < 1.29 is 22.8 Å². The minimum atomic E-state index is -4.72. The van der Waals surface area contributed by atoms with Crippen LogP contribution in [0.4, 0.5) is 23.7 Å². The highest BCUT2D eigenvalue weighted by molar-refractivity contribution is 6.30. The highest BCUT2D eigenvalue weighted by Gasteiger charge is 2.45. The van der Waals surface area contributed by atoms with Crippen LogP contribution in [0.2, 0.25) is 5.02 Å². The minimum Gasteiger partial charge on any atom is -0.334 e. The number of halogens is 4. The molecular formula is C29H24ClF3N6O4. The smallest absolute Gasteiger partial charge is 0.334 e. The summed E-state index contributed by atoms with van der Waals surface area (Å²) in [5, 5.41) is 5.75. The Morgan fingerprint density at radius 1 is 1.07 bits per heavy atom. The molecule has 2 aromatic carbocycles. The number of amides is 3. The fourth-order valence-electron chi connectivity index (χ4n) is 4.69. The molecule has 0 spiro atoms. The number of hydrogen-bond donors (Lipinski definition) is 4. The Morgan fingerprint density at radius 2 is 1.79 bits per heavy atom. The molecule has 0 saturated heterocycles. The van der Waals surface area contributed by atoms with E-state index in [4.69, 9.17) is 11.6 Å². The van der Waals surface area contributed by atoms with Crippen LogP contribution in [0.3, 0.4) is 0 Å². The standard InChI is InChI=1S/C29H24ClF3N6O4/c1-16-4-2-3-5-20(16)25(40)37-39-24-13-23(21(29(31,32)33)12-22(24)36-26(41)27(39)42)38-11-10-17(15-38)14-34-28(43)35-19-8-6-18(30)7-9-19/h2-11,13,15,21H,12,14H2,1H3,(H,36,41)(H,37,40)(H2,34,35,43). The zero-order valence-corrected chi connectivity index (χ0v) is 23.2. The van der Waals surface area contributed by atoms with Gasteiger partial charge in [0.05, 0.1) is 5.69 Å². The number of urea groups is 1. The number of H-pyrrole nitrogens is 1. The van der Waals surface area contributed by atoms with E-state index in [9.17, 15) is 32.3 Å². The fourth-order valence-corrected chi connectivity index (χ4v) is 4.82. The number of alkyl halides is 3. The SMILES string of the molecule is Cc1ccccc1C(=O)Nn1c2c([nH]c(=O)c1=O)CC(C(F)(F)F)C(n1ccc(CNC(=O)Nc3ccc(Cl)cc3)c1)=C2. The number of aromatic amines is 1. The monoisotopic (exact) mass is 612 g/mol. The van der Waals surface area contributed by atoms with Crippen molar-refractivity contribution >= 4 is 41.0 Å². The van der Waals surface area contributed by atoms with Crippen LogP contribution in [0.1, 0.15) is 32.9 Å². The van der Waals surface area contributed by atoms with E-state index in [2.05, 4.69) is 21.0 Å². The summed E-state index contributed by atoms with van der Waals surface area (Å²) in [6.45, 7) is 1.67. The maximum absolute atomic E-state index is 14.3. The highest BCUT2D eigenvalue weighted by Crippen LogP contribution is 2.41. The third-order valence-corrected chi connectivity index (χ3v) is 7.12. The minimum absolute atomic E-state index is 0.00249. The molecule has 0 bridgehead atoms. The molecule has 43 heavy (non-hydrogen) atoms. The van der Waals surface area contributed by atoms with Gasteiger partial charge < -0.3 is 20.2 Å². The lowest BCUT2D eigenvalue weighted by Crippen LogP contribution is -2.46.